The monoisotopic (exact) mass is 213 g/mol. The maximum atomic E-state index is 11.5. The third-order valence-electron chi connectivity index (χ3n) is 3.37. The number of hydrogen-bond donors (Lipinski definition) is 0. The van der Waals surface area contributed by atoms with Crippen LogP contribution in [0.15, 0.2) is 0 Å². The van der Waals surface area contributed by atoms with E-state index >= 15 is 0 Å². The van der Waals surface area contributed by atoms with E-state index in [-0.39, 0.29) is 36.6 Å². The normalized spacial score (nSPS) is 49.3. The number of ether oxygens (including phenoxy) is 3. The number of fused-ring (bicyclic) bond motifs is 2. The van der Waals surface area contributed by atoms with Gasteiger partial charge < -0.3 is 19.1 Å². The lowest BCUT2D eigenvalue weighted by Gasteiger charge is -2.54. The zero-order valence-corrected chi connectivity index (χ0v) is 8.88. The predicted octanol–water partition coefficient (Wildman–Crippen LogP) is -0.0490. The minimum atomic E-state index is -0.194. The topological polar surface area (TPSA) is 48.0 Å². The van der Waals surface area contributed by atoms with Gasteiger partial charge in [-0.3, -0.25) is 4.79 Å². The third kappa shape index (κ3) is 1.30. The molecule has 0 unspecified atom stereocenters. The molecule has 0 aromatic carbocycles. The van der Waals surface area contributed by atoms with Crippen molar-refractivity contribution in [3.63, 3.8) is 0 Å². The Labute approximate surface area is 88.3 Å². The van der Waals surface area contributed by atoms with E-state index in [1.165, 1.54) is 0 Å². The van der Waals surface area contributed by atoms with Crippen molar-refractivity contribution in [1.82, 2.24) is 4.90 Å². The molecule has 5 atom stereocenters. The molecule has 0 aliphatic carbocycles. The number of carbonyl (C=O) groups is 1. The highest BCUT2D eigenvalue weighted by Crippen LogP contribution is 2.35. The van der Waals surface area contributed by atoms with Crippen molar-refractivity contribution in [2.75, 3.05) is 13.2 Å². The summed E-state index contributed by atoms with van der Waals surface area (Å²) in [6, 6.07) is 0. The summed E-state index contributed by atoms with van der Waals surface area (Å²) in [4.78, 5) is 13.3. The fraction of sp³-hybridized carbons (Fsp3) is 0.900. The number of nitrogens with zero attached hydrogens (tertiary/aromatic N) is 1. The van der Waals surface area contributed by atoms with Gasteiger partial charge in [0, 0.05) is 0 Å². The van der Waals surface area contributed by atoms with Crippen LogP contribution in [0.2, 0.25) is 0 Å². The third-order valence-corrected chi connectivity index (χ3v) is 3.37. The molecule has 0 aromatic rings. The SMILES string of the molecule is C[C@@H]1OC[C@H]2O[C@@H]3[C@H](C)C(=O)N3C[C@@H]2O1. The minimum absolute atomic E-state index is 0.00898. The molecule has 0 N–H and O–H groups in total. The van der Waals surface area contributed by atoms with Crippen molar-refractivity contribution in [2.24, 2.45) is 5.92 Å². The Bertz CT molecular complexity index is 295. The molecular weight excluding hydrogens is 198 g/mol. The van der Waals surface area contributed by atoms with Crippen LogP contribution in [0.3, 0.4) is 0 Å². The number of carbonyl (C=O) groups excluding carboxylic acids is 1. The van der Waals surface area contributed by atoms with Crippen LogP contribution in [-0.2, 0) is 19.0 Å². The second-order valence-electron chi connectivity index (χ2n) is 4.42. The first-order valence-corrected chi connectivity index (χ1v) is 5.40. The number of β-lactam (4-membered cyclic amide) rings is 1. The van der Waals surface area contributed by atoms with Gasteiger partial charge in [0.05, 0.1) is 19.1 Å². The molecule has 3 aliphatic rings. The molecule has 5 heteroatoms. The van der Waals surface area contributed by atoms with Crippen LogP contribution in [0, 0.1) is 5.92 Å². The van der Waals surface area contributed by atoms with Crippen LogP contribution in [0.5, 0.6) is 0 Å². The molecule has 0 radical (unpaired) electrons. The number of hydrogen-bond acceptors (Lipinski definition) is 4. The Morgan fingerprint density at radius 1 is 1.27 bits per heavy atom. The van der Waals surface area contributed by atoms with Gasteiger partial charge in [0.25, 0.3) is 0 Å². The maximum Gasteiger partial charge on any atom is 0.232 e. The van der Waals surface area contributed by atoms with E-state index in [1.54, 1.807) is 4.90 Å². The van der Waals surface area contributed by atoms with E-state index in [1.807, 2.05) is 13.8 Å². The lowest BCUT2D eigenvalue weighted by molar-refractivity contribution is -0.317. The average molecular weight is 213 g/mol. The standard InChI is InChI=1S/C10H15NO4/c1-5-9(12)11-3-7-8(15-10(5)11)4-13-6(2)14-7/h5-8,10H,3-4H2,1-2H3/t5-,6-,7+,8-,10-/m1/s1. The Morgan fingerprint density at radius 2 is 2.07 bits per heavy atom. The first-order chi connectivity index (χ1) is 7.16. The first kappa shape index (κ1) is 9.57. The van der Waals surface area contributed by atoms with Crippen molar-refractivity contribution in [1.29, 1.82) is 0 Å². The van der Waals surface area contributed by atoms with Gasteiger partial charge in [-0.2, -0.15) is 0 Å². The smallest absolute Gasteiger partial charge is 0.232 e. The van der Waals surface area contributed by atoms with E-state index in [4.69, 9.17) is 14.2 Å². The molecule has 3 saturated heterocycles. The van der Waals surface area contributed by atoms with Gasteiger partial charge in [-0.15, -0.1) is 0 Å². The molecule has 0 saturated carbocycles. The van der Waals surface area contributed by atoms with Gasteiger partial charge in [-0.1, -0.05) is 0 Å². The largest absolute Gasteiger partial charge is 0.350 e. The summed E-state index contributed by atoms with van der Waals surface area (Å²) in [6.07, 6.45) is -0.293. The van der Waals surface area contributed by atoms with Crippen molar-refractivity contribution >= 4 is 5.91 Å². The average Bonchev–Trinajstić information content (AvgIpc) is 2.26. The molecule has 3 rings (SSSR count). The van der Waals surface area contributed by atoms with E-state index in [2.05, 4.69) is 0 Å². The lowest BCUT2D eigenvalue weighted by Crippen LogP contribution is -2.70. The molecule has 5 nitrogen and oxygen atoms in total. The first-order valence-electron chi connectivity index (χ1n) is 5.40. The molecule has 84 valence electrons. The van der Waals surface area contributed by atoms with Crippen molar-refractivity contribution in [3.8, 4) is 0 Å². The highest BCUT2D eigenvalue weighted by atomic mass is 16.7. The molecule has 0 bridgehead atoms. The highest BCUT2D eigenvalue weighted by Gasteiger charge is 2.52. The summed E-state index contributed by atoms with van der Waals surface area (Å²) in [7, 11) is 0. The number of amides is 1. The molecule has 1 amide bonds. The molecule has 0 aromatic heterocycles. The van der Waals surface area contributed by atoms with E-state index in [0.717, 1.165) is 0 Å². The van der Waals surface area contributed by atoms with Crippen molar-refractivity contribution < 1.29 is 19.0 Å². The molecule has 3 aliphatic heterocycles. The minimum Gasteiger partial charge on any atom is -0.350 e. The molecule has 15 heavy (non-hydrogen) atoms. The fourth-order valence-corrected chi connectivity index (χ4v) is 2.45. The molecule has 3 heterocycles. The molecular formula is C10H15NO4. The van der Waals surface area contributed by atoms with Gasteiger partial charge >= 0.3 is 0 Å². The van der Waals surface area contributed by atoms with Gasteiger partial charge in [0.2, 0.25) is 5.91 Å². The van der Waals surface area contributed by atoms with Crippen LogP contribution in [-0.4, -0.2) is 48.7 Å². The predicted molar refractivity (Wildman–Crippen MR) is 49.8 cm³/mol. The quantitative estimate of drug-likeness (QED) is 0.529. The van der Waals surface area contributed by atoms with Gasteiger partial charge in [0.15, 0.2) is 6.29 Å². The Morgan fingerprint density at radius 3 is 2.87 bits per heavy atom. The van der Waals surface area contributed by atoms with Crippen LogP contribution >= 0.6 is 0 Å². The van der Waals surface area contributed by atoms with Crippen LogP contribution in [0.4, 0.5) is 0 Å². The van der Waals surface area contributed by atoms with Gasteiger partial charge in [-0.05, 0) is 13.8 Å². The van der Waals surface area contributed by atoms with E-state index in [0.29, 0.717) is 13.2 Å². The second kappa shape index (κ2) is 3.17. The van der Waals surface area contributed by atoms with E-state index in [9.17, 15) is 4.79 Å². The lowest BCUT2D eigenvalue weighted by atomic mass is 9.94. The summed E-state index contributed by atoms with van der Waals surface area (Å²) in [5.74, 6) is 0.159. The summed E-state index contributed by atoms with van der Waals surface area (Å²) in [5.41, 5.74) is 0. The Hall–Kier alpha value is -0.650. The maximum absolute atomic E-state index is 11.5. The van der Waals surface area contributed by atoms with Crippen molar-refractivity contribution in [3.05, 3.63) is 0 Å². The molecule has 0 spiro atoms. The van der Waals surface area contributed by atoms with Crippen molar-refractivity contribution in [2.45, 2.75) is 38.6 Å². The zero-order valence-electron chi connectivity index (χ0n) is 8.88. The number of rotatable bonds is 0. The van der Waals surface area contributed by atoms with Crippen LogP contribution < -0.4 is 0 Å². The molecule has 3 fully saturated rings. The van der Waals surface area contributed by atoms with Crippen LogP contribution in [0.25, 0.3) is 0 Å². The van der Waals surface area contributed by atoms with Gasteiger partial charge in [-0.25, -0.2) is 0 Å². The zero-order chi connectivity index (χ0) is 10.6. The Kier molecular flexibility index (Phi) is 2.02. The summed E-state index contributed by atoms with van der Waals surface area (Å²) < 4.78 is 16.7. The summed E-state index contributed by atoms with van der Waals surface area (Å²) in [5, 5.41) is 0. The summed E-state index contributed by atoms with van der Waals surface area (Å²) >= 11 is 0. The van der Waals surface area contributed by atoms with Crippen LogP contribution in [0.1, 0.15) is 13.8 Å². The fourth-order valence-electron chi connectivity index (χ4n) is 2.45. The summed E-state index contributed by atoms with van der Waals surface area (Å²) in [6.45, 7) is 4.98. The second-order valence-corrected chi connectivity index (χ2v) is 4.42. The van der Waals surface area contributed by atoms with Gasteiger partial charge in [0.1, 0.15) is 18.4 Å². The highest BCUT2D eigenvalue weighted by molar-refractivity contribution is 5.85. The Balaban J connectivity index is 1.72. The van der Waals surface area contributed by atoms with E-state index < -0.39 is 0 Å².